The molecule has 1 aliphatic rings. The highest BCUT2D eigenvalue weighted by Gasteiger charge is 2.25. The summed E-state index contributed by atoms with van der Waals surface area (Å²) in [6.45, 7) is 2.16. The van der Waals surface area contributed by atoms with E-state index in [0.29, 0.717) is 18.7 Å². The third-order valence-corrected chi connectivity index (χ3v) is 4.47. The molecule has 4 rings (SSSR count). The summed E-state index contributed by atoms with van der Waals surface area (Å²) in [5.41, 5.74) is 2.77. The highest BCUT2D eigenvalue weighted by atomic mass is 16.2. The van der Waals surface area contributed by atoms with Crippen molar-refractivity contribution in [2.75, 3.05) is 19.6 Å². The number of aromatic nitrogens is 3. The van der Waals surface area contributed by atoms with Gasteiger partial charge in [0.25, 0.3) is 5.91 Å². The minimum Gasteiger partial charge on any atom is -0.335 e. The zero-order chi connectivity index (χ0) is 17.1. The fourth-order valence-electron chi connectivity index (χ4n) is 3.16. The molecule has 1 atom stereocenters. The average Bonchev–Trinajstić information content (AvgIpc) is 3.23. The van der Waals surface area contributed by atoms with E-state index in [1.807, 2.05) is 47.4 Å². The first-order valence-electron chi connectivity index (χ1n) is 8.34. The molecule has 1 N–H and O–H groups in total. The Morgan fingerprint density at radius 1 is 1.04 bits per heavy atom. The molecule has 0 spiro atoms. The van der Waals surface area contributed by atoms with Gasteiger partial charge in [0.2, 0.25) is 0 Å². The van der Waals surface area contributed by atoms with Crippen molar-refractivity contribution in [1.82, 2.24) is 25.0 Å². The molecule has 0 radical (unpaired) electrons. The summed E-state index contributed by atoms with van der Waals surface area (Å²) in [5, 5.41) is 11.1. The minimum atomic E-state index is 0.0531. The van der Waals surface area contributed by atoms with Crippen LogP contribution >= 0.6 is 0 Å². The van der Waals surface area contributed by atoms with Crippen LogP contribution in [0.4, 0.5) is 0 Å². The number of rotatable bonds is 3. The van der Waals surface area contributed by atoms with Crippen LogP contribution in [0.15, 0.2) is 67.3 Å². The molecule has 1 amide bonds. The average molecular weight is 333 g/mol. The topological polar surface area (TPSA) is 63.1 Å². The highest BCUT2D eigenvalue weighted by molar-refractivity contribution is 5.94. The molecule has 1 aliphatic heterocycles. The smallest absolute Gasteiger partial charge is 0.254 e. The van der Waals surface area contributed by atoms with Gasteiger partial charge >= 0.3 is 0 Å². The third kappa shape index (κ3) is 3.29. The first-order chi connectivity index (χ1) is 12.3. The molecule has 0 aliphatic carbocycles. The van der Waals surface area contributed by atoms with Gasteiger partial charge in [0.15, 0.2) is 0 Å². The molecule has 0 bridgehead atoms. The lowest BCUT2D eigenvalue weighted by Crippen LogP contribution is -2.48. The number of piperazine rings is 1. The van der Waals surface area contributed by atoms with Crippen molar-refractivity contribution in [2.24, 2.45) is 0 Å². The Morgan fingerprint density at radius 2 is 1.84 bits per heavy atom. The van der Waals surface area contributed by atoms with Crippen LogP contribution in [0.1, 0.15) is 22.0 Å². The van der Waals surface area contributed by atoms with Gasteiger partial charge in [-0.2, -0.15) is 0 Å². The van der Waals surface area contributed by atoms with Crippen LogP contribution in [0, 0.1) is 0 Å². The van der Waals surface area contributed by atoms with Crippen LogP contribution in [0.2, 0.25) is 0 Å². The summed E-state index contributed by atoms with van der Waals surface area (Å²) in [7, 11) is 0. The number of nitrogens with zero attached hydrogens (tertiary/aromatic N) is 4. The lowest BCUT2D eigenvalue weighted by molar-refractivity contribution is 0.0703. The monoisotopic (exact) mass is 333 g/mol. The van der Waals surface area contributed by atoms with E-state index in [2.05, 4.69) is 27.6 Å². The van der Waals surface area contributed by atoms with E-state index >= 15 is 0 Å². The largest absolute Gasteiger partial charge is 0.335 e. The third-order valence-electron chi connectivity index (χ3n) is 4.47. The van der Waals surface area contributed by atoms with Crippen LogP contribution in [0.3, 0.4) is 0 Å². The molecular formula is C19H19N5O. The number of benzene rings is 2. The maximum absolute atomic E-state index is 13.0. The van der Waals surface area contributed by atoms with Gasteiger partial charge in [-0.3, -0.25) is 9.36 Å². The SMILES string of the molecule is O=C(c1cccc(-n2cnnc2)c1)N1CCN[C@H](c2ccccc2)C1. The number of nitrogens with one attached hydrogen (secondary N) is 1. The van der Waals surface area contributed by atoms with Crippen LogP contribution in [-0.4, -0.2) is 45.2 Å². The van der Waals surface area contributed by atoms with Crippen LogP contribution in [-0.2, 0) is 0 Å². The van der Waals surface area contributed by atoms with Crippen molar-refractivity contribution in [3.05, 3.63) is 78.4 Å². The molecule has 126 valence electrons. The number of carbonyl (C=O) groups excluding carboxylic acids is 1. The molecule has 1 saturated heterocycles. The summed E-state index contributed by atoms with van der Waals surface area (Å²) in [5.74, 6) is 0.0531. The van der Waals surface area contributed by atoms with E-state index in [4.69, 9.17) is 0 Å². The normalized spacial score (nSPS) is 17.4. The summed E-state index contributed by atoms with van der Waals surface area (Å²) in [6.07, 6.45) is 3.25. The fourth-order valence-corrected chi connectivity index (χ4v) is 3.16. The Hall–Kier alpha value is -2.99. The van der Waals surface area contributed by atoms with E-state index in [1.165, 1.54) is 5.56 Å². The van der Waals surface area contributed by atoms with Gasteiger partial charge in [-0.1, -0.05) is 36.4 Å². The van der Waals surface area contributed by atoms with Gasteiger partial charge < -0.3 is 10.2 Å². The summed E-state index contributed by atoms with van der Waals surface area (Å²) in [6, 6.07) is 18.0. The molecule has 0 unspecified atom stereocenters. The highest BCUT2D eigenvalue weighted by Crippen LogP contribution is 2.19. The Labute approximate surface area is 146 Å². The molecule has 1 fully saturated rings. The molecular weight excluding hydrogens is 314 g/mol. The van der Waals surface area contributed by atoms with Gasteiger partial charge in [-0.25, -0.2) is 0 Å². The molecule has 3 aromatic rings. The molecule has 0 saturated carbocycles. The molecule has 2 heterocycles. The lowest BCUT2D eigenvalue weighted by Gasteiger charge is -2.34. The summed E-state index contributed by atoms with van der Waals surface area (Å²) < 4.78 is 1.79. The van der Waals surface area contributed by atoms with E-state index in [1.54, 1.807) is 17.2 Å². The zero-order valence-electron chi connectivity index (χ0n) is 13.7. The van der Waals surface area contributed by atoms with Crippen molar-refractivity contribution < 1.29 is 4.79 Å². The van der Waals surface area contributed by atoms with Gasteiger partial charge in [0, 0.05) is 36.9 Å². The fraction of sp³-hybridized carbons (Fsp3) is 0.211. The van der Waals surface area contributed by atoms with Crippen molar-refractivity contribution in [3.63, 3.8) is 0 Å². The van der Waals surface area contributed by atoms with Crippen LogP contribution in [0.25, 0.3) is 5.69 Å². The van der Waals surface area contributed by atoms with Gasteiger partial charge in [0.1, 0.15) is 12.7 Å². The van der Waals surface area contributed by atoms with Gasteiger partial charge in [-0.15, -0.1) is 10.2 Å². The number of carbonyl (C=O) groups is 1. The van der Waals surface area contributed by atoms with Crippen molar-refractivity contribution in [1.29, 1.82) is 0 Å². The molecule has 25 heavy (non-hydrogen) atoms. The maximum atomic E-state index is 13.0. The van der Waals surface area contributed by atoms with E-state index in [0.717, 1.165) is 12.2 Å². The van der Waals surface area contributed by atoms with Gasteiger partial charge in [-0.05, 0) is 23.8 Å². The number of hydrogen-bond donors (Lipinski definition) is 1. The Balaban J connectivity index is 1.53. The molecule has 2 aromatic carbocycles. The Kier molecular flexibility index (Phi) is 4.26. The minimum absolute atomic E-state index is 0.0531. The van der Waals surface area contributed by atoms with E-state index < -0.39 is 0 Å². The van der Waals surface area contributed by atoms with Crippen LogP contribution < -0.4 is 5.32 Å². The predicted molar refractivity (Wildman–Crippen MR) is 94.4 cm³/mol. The van der Waals surface area contributed by atoms with Crippen molar-refractivity contribution >= 4 is 5.91 Å². The van der Waals surface area contributed by atoms with Crippen molar-refractivity contribution in [3.8, 4) is 5.69 Å². The second-order valence-electron chi connectivity index (χ2n) is 6.09. The zero-order valence-corrected chi connectivity index (χ0v) is 13.7. The second kappa shape index (κ2) is 6.86. The first kappa shape index (κ1) is 15.5. The van der Waals surface area contributed by atoms with E-state index in [9.17, 15) is 4.79 Å². The Bertz CT molecular complexity index is 847. The second-order valence-corrected chi connectivity index (χ2v) is 6.09. The quantitative estimate of drug-likeness (QED) is 0.797. The molecule has 6 heteroatoms. The van der Waals surface area contributed by atoms with Gasteiger partial charge in [0.05, 0.1) is 0 Å². The van der Waals surface area contributed by atoms with Crippen molar-refractivity contribution in [2.45, 2.75) is 6.04 Å². The summed E-state index contributed by atoms with van der Waals surface area (Å²) >= 11 is 0. The standard InChI is InChI=1S/C19H19N5O/c25-19(16-7-4-8-17(11-16)24-13-21-22-14-24)23-10-9-20-18(12-23)15-5-2-1-3-6-15/h1-8,11,13-14,18,20H,9-10,12H2/t18-/m0/s1. The van der Waals surface area contributed by atoms with Crippen LogP contribution in [0.5, 0.6) is 0 Å². The number of amides is 1. The lowest BCUT2D eigenvalue weighted by atomic mass is 10.0. The first-order valence-corrected chi connectivity index (χ1v) is 8.34. The maximum Gasteiger partial charge on any atom is 0.254 e. The predicted octanol–water partition coefficient (Wildman–Crippen LogP) is 2.05. The molecule has 1 aromatic heterocycles. The molecule has 6 nitrogen and oxygen atoms in total. The van der Waals surface area contributed by atoms with E-state index in [-0.39, 0.29) is 11.9 Å². The summed E-state index contributed by atoms with van der Waals surface area (Å²) in [4.78, 5) is 14.9. The number of hydrogen-bond acceptors (Lipinski definition) is 4. The Morgan fingerprint density at radius 3 is 2.64 bits per heavy atom.